The summed E-state index contributed by atoms with van der Waals surface area (Å²) < 4.78 is 13.3. The summed E-state index contributed by atoms with van der Waals surface area (Å²) in [4.78, 5) is 13.2. The Labute approximate surface area is 130 Å². The normalized spacial score (nSPS) is 16.1. The van der Waals surface area contributed by atoms with Gasteiger partial charge in [-0.15, -0.1) is 11.8 Å². The van der Waals surface area contributed by atoms with Gasteiger partial charge < -0.3 is 5.11 Å². The molecule has 1 aliphatic rings. The highest BCUT2D eigenvalue weighted by Crippen LogP contribution is 2.34. The van der Waals surface area contributed by atoms with Crippen LogP contribution in [-0.4, -0.2) is 16.6 Å². The average Bonchev–Trinajstić information content (AvgIpc) is 2.46. The lowest BCUT2D eigenvalue weighted by atomic mass is 10.0. The molecule has 2 aromatic rings. The topological polar surface area (TPSA) is 37.3 Å². The van der Waals surface area contributed by atoms with E-state index in [4.69, 9.17) is 11.6 Å². The molecule has 1 heterocycles. The smallest absolute Gasteiger partial charge is 0.191 e. The zero-order valence-electron chi connectivity index (χ0n) is 10.8. The molecule has 0 fully saturated rings. The average molecular weight is 321 g/mol. The van der Waals surface area contributed by atoms with E-state index in [0.717, 1.165) is 10.5 Å². The number of hydrogen-bond acceptors (Lipinski definition) is 3. The van der Waals surface area contributed by atoms with Gasteiger partial charge >= 0.3 is 0 Å². The first kappa shape index (κ1) is 14.2. The van der Waals surface area contributed by atoms with Crippen molar-refractivity contribution in [2.75, 3.05) is 5.75 Å². The van der Waals surface area contributed by atoms with Gasteiger partial charge in [0.25, 0.3) is 0 Å². The van der Waals surface area contributed by atoms with Crippen molar-refractivity contribution in [3.8, 4) is 5.75 Å². The Hall–Kier alpha value is -1.78. The van der Waals surface area contributed by atoms with Crippen molar-refractivity contribution in [1.82, 2.24) is 0 Å². The van der Waals surface area contributed by atoms with Crippen LogP contribution in [0.1, 0.15) is 15.9 Å². The van der Waals surface area contributed by atoms with E-state index in [9.17, 15) is 14.3 Å². The molecular formula is C16H10ClFO2S. The Balaban J connectivity index is 1.99. The molecule has 0 radical (unpaired) electrons. The second kappa shape index (κ2) is 5.54. The number of Topliss-reactive ketones (excluding diaryl/α,β-unsaturated/α-hetero) is 1. The zero-order valence-corrected chi connectivity index (χ0v) is 12.3. The molecule has 3 rings (SSSR count). The fourth-order valence-electron chi connectivity index (χ4n) is 2.12. The standard InChI is InChI=1S/C16H10ClFO2S/c17-13-6-9(1-3-14(13)19)5-10-8-21-15-4-2-11(18)7-12(15)16(10)20/h1-7,19H,8H2/b10-5+. The maximum atomic E-state index is 13.3. The summed E-state index contributed by atoms with van der Waals surface area (Å²) in [7, 11) is 0. The molecule has 0 bridgehead atoms. The van der Waals surface area contributed by atoms with E-state index in [1.165, 1.54) is 30.0 Å². The van der Waals surface area contributed by atoms with Crippen LogP contribution in [0.4, 0.5) is 4.39 Å². The van der Waals surface area contributed by atoms with Crippen LogP contribution < -0.4 is 0 Å². The van der Waals surface area contributed by atoms with Crippen LogP contribution in [0.3, 0.4) is 0 Å². The first-order valence-corrected chi connectivity index (χ1v) is 7.57. The van der Waals surface area contributed by atoms with E-state index in [-0.39, 0.29) is 16.6 Å². The van der Waals surface area contributed by atoms with Crippen molar-refractivity contribution in [1.29, 1.82) is 0 Å². The fourth-order valence-corrected chi connectivity index (χ4v) is 3.31. The summed E-state index contributed by atoms with van der Waals surface area (Å²) in [5, 5.41) is 9.63. The maximum Gasteiger partial charge on any atom is 0.191 e. The SMILES string of the molecule is O=C1/C(=C/c2ccc(O)c(Cl)c2)CSc2ccc(F)cc21. The quantitative estimate of drug-likeness (QED) is 0.783. The molecule has 0 atom stereocenters. The van der Waals surface area contributed by atoms with Gasteiger partial charge in [0, 0.05) is 21.8 Å². The maximum absolute atomic E-state index is 13.3. The second-order valence-electron chi connectivity index (χ2n) is 4.64. The molecule has 2 nitrogen and oxygen atoms in total. The number of carbonyl (C=O) groups excluding carboxylic acids is 1. The van der Waals surface area contributed by atoms with Crippen LogP contribution >= 0.6 is 23.4 Å². The zero-order chi connectivity index (χ0) is 15.0. The summed E-state index contributed by atoms with van der Waals surface area (Å²) in [5.74, 6) is -0.0738. The number of fused-ring (bicyclic) bond motifs is 1. The molecule has 0 amide bonds. The molecule has 1 N–H and O–H groups in total. The third-order valence-corrected chi connectivity index (χ3v) is 4.60. The van der Waals surface area contributed by atoms with Crippen molar-refractivity contribution >= 4 is 35.2 Å². The number of carbonyl (C=O) groups is 1. The van der Waals surface area contributed by atoms with Gasteiger partial charge in [0.15, 0.2) is 5.78 Å². The predicted octanol–water partition coefficient (Wildman–Crippen LogP) is 4.56. The molecule has 0 saturated heterocycles. The van der Waals surface area contributed by atoms with Crippen LogP contribution in [0, 0.1) is 5.82 Å². The number of rotatable bonds is 1. The minimum Gasteiger partial charge on any atom is -0.506 e. The summed E-state index contributed by atoms with van der Waals surface area (Å²) in [6, 6.07) is 8.98. The van der Waals surface area contributed by atoms with Crippen molar-refractivity contribution in [2.45, 2.75) is 4.90 Å². The minimum atomic E-state index is -0.420. The van der Waals surface area contributed by atoms with E-state index in [1.54, 1.807) is 24.3 Å². The number of phenols is 1. The summed E-state index contributed by atoms with van der Waals surface area (Å²) >= 11 is 7.35. The van der Waals surface area contributed by atoms with Crippen LogP contribution in [0.25, 0.3) is 6.08 Å². The van der Waals surface area contributed by atoms with E-state index in [2.05, 4.69) is 0 Å². The Bertz CT molecular complexity index is 771. The van der Waals surface area contributed by atoms with Crippen molar-refractivity contribution in [3.05, 3.63) is 63.9 Å². The Morgan fingerprint density at radius 2 is 2.05 bits per heavy atom. The van der Waals surface area contributed by atoms with Gasteiger partial charge in [-0.1, -0.05) is 17.7 Å². The van der Waals surface area contributed by atoms with E-state index in [1.807, 2.05) is 0 Å². The van der Waals surface area contributed by atoms with Gasteiger partial charge in [-0.3, -0.25) is 4.79 Å². The molecule has 106 valence electrons. The van der Waals surface area contributed by atoms with Gasteiger partial charge in [-0.2, -0.15) is 0 Å². The molecular weight excluding hydrogens is 311 g/mol. The molecule has 21 heavy (non-hydrogen) atoms. The van der Waals surface area contributed by atoms with Crippen LogP contribution in [-0.2, 0) is 0 Å². The number of aromatic hydroxyl groups is 1. The lowest BCUT2D eigenvalue weighted by Gasteiger charge is -2.17. The third kappa shape index (κ3) is 2.82. The number of phenolic OH excluding ortho intramolecular Hbond substituents is 1. The first-order chi connectivity index (χ1) is 10.0. The lowest BCUT2D eigenvalue weighted by Crippen LogP contribution is -2.12. The predicted molar refractivity (Wildman–Crippen MR) is 82.5 cm³/mol. The number of thioether (sulfide) groups is 1. The Kier molecular flexibility index (Phi) is 3.74. The van der Waals surface area contributed by atoms with Crippen LogP contribution in [0.2, 0.25) is 5.02 Å². The lowest BCUT2D eigenvalue weighted by molar-refractivity contribution is 0.103. The molecule has 0 aromatic heterocycles. The number of benzene rings is 2. The number of ketones is 1. The largest absolute Gasteiger partial charge is 0.506 e. The van der Waals surface area contributed by atoms with Gasteiger partial charge in [0.05, 0.1) is 5.02 Å². The molecule has 0 unspecified atom stereocenters. The van der Waals surface area contributed by atoms with Crippen LogP contribution in [0.5, 0.6) is 5.75 Å². The molecule has 1 aliphatic heterocycles. The van der Waals surface area contributed by atoms with Crippen molar-refractivity contribution < 1.29 is 14.3 Å². The molecule has 0 aliphatic carbocycles. The van der Waals surface area contributed by atoms with Crippen molar-refractivity contribution in [2.24, 2.45) is 0 Å². The summed E-state index contributed by atoms with van der Waals surface area (Å²) in [6.45, 7) is 0. The highest BCUT2D eigenvalue weighted by atomic mass is 35.5. The fraction of sp³-hybridized carbons (Fsp3) is 0.0625. The van der Waals surface area contributed by atoms with E-state index < -0.39 is 5.82 Å². The highest BCUT2D eigenvalue weighted by Gasteiger charge is 2.23. The van der Waals surface area contributed by atoms with Gasteiger partial charge in [0.1, 0.15) is 11.6 Å². The van der Waals surface area contributed by atoms with E-state index >= 15 is 0 Å². The Morgan fingerprint density at radius 3 is 2.81 bits per heavy atom. The summed E-state index contributed by atoms with van der Waals surface area (Å²) in [5.41, 5.74) is 1.70. The Morgan fingerprint density at radius 1 is 1.24 bits per heavy atom. The molecule has 0 saturated carbocycles. The van der Waals surface area contributed by atoms with Crippen LogP contribution in [0.15, 0.2) is 46.9 Å². The first-order valence-electron chi connectivity index (χ1n) is 6.21. The molecule has 5 heteroatoms. The third-order valence-electron chi connectivity index (χ3n) is 3.17. The van der Waals surface area contributed by atoms with E-state index in [0.29, 0.717) is 16.9 Å². The minimum absolute atomic E-state index is 0.00409. The molecule has 2 aromatic carbocycles. The highest BCUT2D eigenvalue weighted by molar-refractivity contribution is 7.99. The van der Waals surface area contributed by atoms with Gasteiger partial charge in [-0.25, -0.2) is 4.39 Å². The van der Waals surface area contributed by atoms with Crippen molar-refractivity contribution in [3.63, 3.8) is 0 Å². The molecule has 0 spiro atoms. The van der Waals surface area contributed by atoms with Gasteiger partial charge in [-0.05, 0) is 42.0 Å². The number of halogens is 2. The number of hydrogen-bond donors (Lipinski definition) is 1. The van der Waals surface area contributed by atoms with Gasteiger partial charge in [0.2, 0.25) is 0 Å². The second-order valence-corrected chi connectivity index (χ2v) is 6.06. The monoisotopic (exact) mass is 320 g/mol. The summed E-state index contributed by atoms with van der Waals surface area (Å²) in [6.07, 6.45) is 1.72.